The Morgan fingerprint density at radius 3 is 2.66 bits per heavy atom. The first-order chi connectivity index (χ1) is 14.0. The van der Waals surface area contributed by atoms with Crippen molar-refractivity contribution in [1.29, 1.82) is 0 Å². The minimum atomic E-state index is -0.781. The summed E-state index contributed by atoms with van der Waals surface area (Å²) in [7, 11) is 0. The van der Waals surface area contributed by atoms with Crippen LogP contribution in [0.1, 0.15) is 62.1 Å². The van der Waals surface area contributed by atoms with Gasteiger partial charge in [-0.15, -0.1) is 0 Å². The lowest BCUT2D eigenvalue weighted by molar-refractivity contribution is -0.137. The van der Waals surface area contributed by atoms with Gasteiger partial charge in [-0.05, 0) is 70.1 Å². The molecule has 6 heteroatoms. The minimum absolute atomic E-state index is 0.0155. The Morgan fingerprint density at radius 1 is 1.24 bits per heavy atom. The molecule has 2 aromatic carbocycles. The number of rotatable bonds is 7. The molecule has 0 unspecified atom stereocenters. The van der Waals surface area contributed by atoms with E-state index in [1.807, 2.05) is 31.2 Å². The molecular formula is C23H25BrN2O3. The molecule has 0 saturated heterocycles. The van der Waals surface area contributed by atoms with Crippen LogP contribution in [0.15, 0.2) is 47.1 Å². The standard InChI is InChI=1S/C23H25BrN2O3/c1-15(12-22(27)28)17-7-9-19(10-8-17)29-14-16-6-11-20-21(13-16)26(25-23(20)24)18-4-2-3-5-18/h6-11,13,15,18H,2-5,12,14H2,1H3,(H,27,28)/t15-/m1/s1. The van der Waals surface area contributed by atoms with Crippen LogP contribution in [0, 0.1) is 0 Å². The second kappa shape index (κ2) is 8.57. The molecule has 152 valence electrons. The maximum absolute atomic E-state index is 10.9. The number of carboxylic acids is 1. The van der Waals surface area contributed by atoms with Crippen LogP contribution in [0.4, 0.5) is 0 Å². The van der Waals surface area contributed by atoms with Crippen molar-refractivity contribution in [2.24, 2.45) is 0 Å². The summed E-state index contributed by atoms with van der Waals surface area (Å²) < 4.78 is 9.05. The van der Waals surface area contributed by atoms with Crippen LogP contribution in [0.25, 0.3) is 10.9 Å². The van der Waals surface area contributed by atoms with Gasteiger partial charge in [0.05, 0.1) is 18.0 Å². The highest BCUT2D eigenvalue weighted by Gasteiger charge is 2.21. The van der Waals surface area contributed by atoms with Gasteiger partial charge in [-0.1, -0.05) is 38.0 Å². The monoisotopic (exact) mass is 456 g/mol. The summed E-state index contributed by atoms with van der Waals surface area (Å²) in [6.07, 6.45) is 5.05. The molecule has 0 aliphatic heterocycles. The van der Waals surface area contributed by atoms with Gasteiger partial charge in [0, 0.05) is 5.39 Å². The molecule has 1 heterocycles. The summed E-state index contributed by atoms with van der Waals surface area (Å²) in [6, 6.07) is 14.5. The van der Waals surface area contributed by atoms with Crippen LogP contribution in [0.2, 0.25) is 0 Å². The molecule has 4 rings (SSSR count). The number of carbonyl (C=O) groups is 1. The van der Waals surface area contributed by atoms with Gasteiger partial charge in [-0.3, -0.25) is 9.48 Å². The molecule has 5 nitrogen and oxygen atoms in total. The van der Waals surface area contributed by atoms with Gasteiger partial charge in [0.15, 0.2) is 0 Å². The van der Waals surface area contributed by atoms with E-state index in [0.717, 1.165) is 32.4 Å². The van der Waals surface area contributed by atoms with E-state index < -0.39 is 5.97 Å². The molecule has 1 atom stereocenters. The molecule has 1 aliphatic carbocycles. The molecule has 1 fully saturated rings. The molecule has 1 aromatic heterocycles. The predicted octanol–water partition coefficient (Wildman–Crippen LogP) is 6.07. The van der Waals surface area contributed by atoms with Gasteiger partial charge in [-0.2, -0.15) is 5.10 Å². The van der Waals surface area contributed by atoms with Crippen molar-refractivity contribution in [3.05, 3.63) is 58.2 Å². The topological polar surface area (TPSA) is 64.3 Å². The largest absolute Gasteiger partial charge is 0.489 e. The Kier molecular flexibility index (Phi) is 5.90. The van der Waals surface area contributed by atoms with Crippen molar-refractivity contribution >= 4 is 32.8 Å². The summed E-state index contributed by atoms with van der Waals surface area (Å²) >= 11 is 3.60. The zero-order valence-electron chi connectivity index (χ0n) is 16.5. The third-order valence-electron chi connectivity index (χ3n) is 5.73. The average molecular weight is 457 g/mol. The van der Waals surface area contributed by atoms with Crippen molar-refractivity contribution in [1.82, 2.24) is 9.78 Å². The lowest BCUT2D eigenvalue weighted by Gasteiger charge is -2.13. The lowest BCUT2D eigenvalue weighted by Crippen LogP contribution is -2.06. The molecule has 0 bridgehead atoms. The highest BCUT2D eigenvalue weighted by molar-refractivity contribution is 9.10. The van der Waals surface area contributed by atoms with Crippen molar-refractivity contribution in [2.75, 3.05) is 0 Å². The number of aromatic nitrogens is 2. The molecule has 1 saturated carbocycles. The second-order valence-corrected chi connectivity index (χ2v) is 8.63. The Morgan fingerprint density at radius 2 is 1.97 bits per heavy atom. The Labute approximate surface area is 178 Å². The van der Waals surface area contributed by atoms with E-state index in [1.54, 1.807) is 0 Å². The molecular weight excluding hydrogens is 432 g/mol. The van der Waals surface area contributed by atoms with Gasteiger partial charge in [-0.25, -0.2) is 0 Å². The van der Waals surface area contributed by atoms with Gasteiger partial charge in [0.1, 0.15) is 17.0 Å². The van der Waals surface area contributed by atoms with Crippen LogP contribution in [0.3, 0.4) is 0 Å². The summed E-state index contributed by atoms with van der Waals surface area (Å²) in [4.78, 5) is 10.9. The van der Waals surface area contributed by atoms with Crippen LogP contribution in [-0.2, 0) is 11.4 Å². The molecule has 1 N–H and O–H groups in total. The van der Waals surface area contributed by atoms with Gasteiger partial charge in [0.25, 0.3) is 0 Å². The first-order valence-electron chi connectivity index (χ1n) is 10.1. The van der Waals surface area contributed by atoms with Crippen molar-refractivity contribution in [3.63, 3.8) is 0 Å². The summed E-state index contributed by atoms with van der Waals surface area (Å²) in [5.74, 6) is -0.0168. The Bertz CT molecular complexity index is 1010. The van der Waals surface area contributed by atoms with Crippen molar-refractivity contribution < 1.29 is 14.6 Å². The summed E-state index contributed by atoms with van der Waals surface area (Å²) in [5, 5.41) is 14.8. The van der Waals surface area contributed by atoms with E-state index in [4.69, 9.17) is 14.9 Å². The number of ether oxygens (including phenoxy) is 1. The average Bonchev–Trinajstić information content (AvgIpc) is 3.34. The zero-order valence-corrected chi connectivity index (χ0v) is 18.1. The molecule has 1 aliphatic rings. The number of fused-ring (bicyclic) bond motifs is 1. The number of hydrogen-bond donors (Lipinski definition) is 1. The number of benzene rings is 2. The van der Waals surface area contributed by atoms with E-state index in [1.165, 1.54) is 25.7 Å². The second-order valence-electron chi connectivity index (χ2n) is 7.88. The Balaban J connectivity index is 1.47. The zero-order chi connectivity index (χ0) is 20.4. The summed E-state index contributed by atoms with van der Waals surface area (Å²) in [5.41, 5.74) is 3.27. The normalized spacial score (nSPS) is 15.7. The van der Waals surface area contributed by atoms with Crippen LogP contribution >= 0.6 is 15.9 Å². The van der Waals surface area contributed by atoms with E-state index >= 15 is 0 Å². The molecule has 0 spiro atoms. The highest BCUT2D eigenvalue weighted by Crippen LogP contribution is 2.34. The van der Waals surface area contributed by atoms with E-state index in [2.05, 4.69) is 38.8 Å². The number of aliphatic carboxylic acids is 1. The quantitative estimate of drug-likeness (QED) is 0.468. The van der Waals surface area contributed by atoms with Crippen LogP contribution in [-0.4, -0.2) is 20.9 Å². The number of carboxylic acid groups (broad SMARTS) is 1. The predicted molar refractivity (Wildman–Crippen MR) is 116 cm³/mol. The van der Waals surface area contributed by atoms with E-state index in [0.29, 0.717) is 12.6 Å². The van der Waals surface area contributed by atoms with Crippen LogP contribution < -0.4 is 4.74 Å². The number of hydrogen-bond acceptors (Lipinski definition) is 3. The molecule has 29 heavy (non-hydrogen) atoms. The summed E-state index contributed by atoms with van der Waals surface area (Å²) in [6.45, 7) is 2.40. The number of halogens is 1. The Hall–Kier alpha value is -2.34. The lowest BCUT2D eigenvalue weighted by atomic mass is 9.98. The van der Waals surface area contributed by atoms with Gasteiger partial charge >= 0.3 is 5.97 Å². The highest BCUT2D eigenvalue weighted by atomic mass is 79.9. The fourth-order valence-corrected chi connectivity index (χ4v) is 4.61. The third-order valence-corrected chi connectivity index (χ3v) is 6.32. The molecule has 0 amide bonds. The van der Waals surface area contributed by atoms with Crippen molar-refractivity contribution in [3.8, 4) is 5.75 Å². The SMILES string of the molecule is C[C@H](CC(=O)O)c1ccc(OCc2ccc3c(Br)nn(C4CCCC4)c3c2)cc1. The maximum atomic E-state index is 10.9. The van der Waals surface area contributed by atoms with Gasteiger partial charge in [0.2, 0.25) is 0 Å². The minimum Gasteiger partial charge on any atom is -0.489 e. The van der Waals surface area contributed by atoms with E-state index in [9.17, 15) is 4.79 Å². The van der Waals surface area contributed by atoms with Gasteiger partial charge < -0.3 is 9.84 Å². The molecule has 3 aromatic rings. The van der Waals surface area contributed by atoms with Crippen LogP contribution in [0.5, 0.6) is 5.75 Å². The smallest absolute Gasteiger partial charge is 0.303 e. The maximum Gasteiger partial charge on any atom is 0.303 e. The number of nitrogens with zero attached hydrogens (tertiary/aromatic N) is 2. The third kappa shape index (κ3) is 4.47. The van der Waals surface area contributed by atoms with E-state index in [-0.39, 0.29) is 12.3 Å². The van der Waals surface area contributed by atoms with Crippen molar-refractivity contribution in [2.45, 2.75) is 57.6 Å². The first kappa shape index (κ1) is 20.0. The first-order valence-corrected chi connectivity index (χ1v) is 10.9. The fourth-order valence-electron chi connectivity index (χ4n) is 4.10. The fraction of sp³-hybridized carbons (Fsp3) is 0.391. The molecule has 0 radical (unpaired) electrons.